The number of aryl methyl sites for hydroxylation is 1. The van der Waals surface area contributed by atoms with Crippen LogP contribution in [0.4, 0.5) is 0 Å². The average molecular weight is 291 g/mol. The lowest BCUT2D eigenvalue weighted by Gasteiger charge is -2.30. The smallest absolute Gasteiger partial charge is 0.160 e. The topological polar surface area (TPSA) is 21.7 Å². The second kappa shape index (κ2) is 8.28. The maximum atomic E-state index is 5.36. The summed E-state index contributed by atoms with van der Waals surface area (Å²) in [7, 11) is 3.37. The predicted octanol–water partition coefficient (Wildman–Crippen LogP) is 3.76. The first kappa shape index (κ1) is 16.2. The van der Waals surface area contributed by atoms with E-state index in [0.717, 1.165) is 23.8 Å². The zero-order valence-electron chi connectivity index (χ0n) is 13.7. The molecule has 1 aromatic rings. The standard InChI is InChI=1S/C18H29NO2/c1-15-9-12-19(13-10-15)11-5-4-6-16-7-8-17(20-2)18(14-16)21-3/h7-8,14-15H,4-6,9-13H2,1-3H3. The Kier molecular flexibility index (Phi) is 6.37. The van der Waals surface area contributed by atoms with E-state index in [1.165, 1.54) is 50.9 Å². The van der Waals surface area contributed by atoms with Crippen LogP contribution in [0.3, 0.4) is 0 Å². The molecule has 1 aliphatic rings. The monoisotopic (exact) mass is 291 g/mol. The Morgan fingerprint density at radius 1 is 1.05 bits per heavy atom. The van der Waals surface area contributed by atoms with E-state index in [9.17, 15) is 0 Å². The molecule has 0 unspecified atom stereocenters. The summed E-state index contributed by atoms with van der Waals surface area (Å²) in [6, 6.07) is 6.24. The van der Waals surface area contributed by atoms with Gasteiger partial charge in [-0.25, -0.2) is 0 Å². The highest BCUT2D eigenvalue weighted by atomic mass is 16.5. The van der Waals surface area contributed by atoms with Crippen molar-refractivity contribution in [3.8, 4) is 11.5 Å². The Morgan fingerprint density at radius 2 is 1.76 bits per heavy atom. The number of nitrogens with zero attached hydrogens (tertiary/aromatic N) is 1. The molecule has 1 aliphatic heterocycles. The molecule has 0 amide bonds. The summed E-state index contributed by atoms with van der Waals surface area (Å²) >= 11 is 0. The van der Waals surface area contributed by atoms with Gasteiger partial charge in [0.25, 0.3) is 0 Å². The van der Waals surface area contributed by atoms with Gasteiger partial charge in [0.05, 0.1) is 14.2 Å². The van der Waals surface area contributed by atoms with Crippen molar-refractivity contribution in [2.45, 2.75) is 39.0 Å². The Hall–Kier alpha value is -1.22. The molecule has 1 heterocycles. The van der Waals surface area contributed by atoms with Gasteiger partial charge >= 0.3 is 0 Å². The number of hydrogen-bond acceptors (Lipinski definition) is 3. The Labute approximate surface area is 129 Å². The number of methoxy groups -OCH3 is 2. The van der Waals surface area contributed by atoms with Crippen LogP contribution in [0.1, 0.15) is 38.2 Å². The first-order valence-electron chi connectivity index (χ1n) is 8.16. The number of benzene rings is 1. The fourth-order valence-corrected chi connectivity index (χ4v) is 2.99. The summed E-state index contributed by atoms with van der Waals surface area (Å²) in [5, 5.41) is 0. The molecule has 1 aromatic carbocycles. The normalized spacial score (nSPS) is 16.9. The van der Waals surface area contributed by atoms with Crippen LogP contribution in [-0.4, -0.2) is 38.8 Å². The van der Waals surface area contributed by atoms with E-state index >= 15 is 0 Å². The molecule has 21 heavy (non-hydrogen) atoms. The van der Waals surface area contributed by atoms with Gasteiger partial charge in [-0.05, 0) is 75.4 Å². The van der Waals surface area contributed by atoms with Gasteiger partial charge in [0.15, 0.2) is 11.5 Å². The van der Waals surface area contributed by atoms with Gasteiger partial charge in [0, 0.05) is 0 Å². The van der Waals surface area contributed by atoms with Crippen LogP contribution in [0.25, 0.3) is 0 Å². The SMILES string of the molecule is COc1ccc(CCCCN2CCC(C)CC2)cc1OC. The van der Waals surface area contributed by atoms with Gasteiger partial charge in [-0.2, -0.15) is 0 Å². The summed E-state index contributed by atoms with van der Waals surface area (Å²) in [4.78, 5) is 2.62. The first-order chi connectivity index (χ1) is 10.2. The second-order valence-electron chi connectivity index (χ2n) is 6.17. The highest BCUT2D eigenvalue weighted by Crippen LogP contribution is 2.28. The van der Waals surface area contributed by atoms with Gasteiger partial charge in [0.1, 0.15) is 0 Å². The molecule has 1 saturated heterocycles. The minimum absolute atomic E-state index is 0.809. The number of unbranched alkanes of at least 4 members (excludes halogenated alkanes) is 1. The highest BCUT2D eigenvalue weighted by molar-refractivity contribution is 5.42. The van der Waals surface area contributed by atoms with E-state index in [4.69, 9.17) is 9.47 Å². The molecule has 3 nitrogen and oxygen atoms in total. The molecule has 0 aliphatic carbocycles. The van der Waals surface area contributed by atoms with Crippen LogP contribution in [0.2, 0.25) is 0 Å². The Morgan fingerprint density at radius 3 is 2.43 bits per heavy atom. The van der Waals surface area contributed by atoms with Crippen LogP contribution in [-0.2, 0) is 6.42 Å². The van der Waals surface area contributed by atoms with Gasteiger partial charge < -0.3 is 14.4 Å². The van der Waals surface area contributed by atoms with Gasteiger partial charge in [-0.15, -0.1) is 0 Å². The van der Waals surface area contributed by atoms with Crippen molar-refractivity contribution in [1.82, 2.24) is 4.90 Å². The molecular formula is C18H29NO2. The largest absolute Gasteiger partial charge is 0.493 e. The number of ether oxygens (including phenoxy) is 2. The van der Waals surface area contributed by atoms with E-state index in [0.29, 0.717) is 0 Å². The van der Waals surface area contributed by atoms with E-state index in [1.807, 2.05) is 6.07 Å². The van der Waals surface area contributed by atoms with Crippen molar-refractivity contribution >= 4 is 0 Å². The minimum atomic E-state index is 0.809. The fraction of sp³-hybridized carbons (Fsp3) is 0.667. The lowest BCUT2D eigenvalue weighted by Crippen LogP contribution is -2.33. The number of rotatable bonds is 7. The average Bonchev–Trinajstić information content (AvgIpc) is 2.53. The van der Waals surface area contributed by atoms with Crippen LogP contribution in [0.5, 0.6) is 11.5 Å². The molecule has 3 heteroatoms. The molecule has 0 saturated carbocycles. The predicted molar refractivity (Wildman–Crippen MR) is 87.3 cm³/mol. The molecule has 0 atom stereocenters. The Bertz CT molecular complexity index is 425. The van der Waals surface area contributed by atoms with E-state index in [-0.39, 0.29) is 0 Å². The van der Waals surface area contributed by atoms with Crippen LogP contribution in [0, 0.1) is 5.92 Å². The number of likely N-dealkylation sites (tertiary alicyclic amines) is 1. The number of piperidine rings is 1. The maximum Gasteiger partial charge on any atom is 0.160 e. The molecule has 1 fully saturated rings. The molecule has 0 N–H and O–H groups in total. The molecule has 0 radical (unpaired) electrons. The Balaban J connectivity index is 1.71. The van der Waals surface area contributed by atoms with Crippen LogP contribution >= 0.6 is 0 Å². The molecule has 0 bridgehead atoms. The van der Waals surface area contributed by atoms with E-state index in [1.54, 1.807) is 14.2 Å². The lowest BCUT2D eigenvalue weighted by molar-refractivity contribution is 0.189. The summed E-state index contributed by atoms with van der Waals surface area (Å²) < 4.78 is 10.6. The minimum Gasteiger partial charge on any atom is -0.493 e. The van der Waals surface area contributed by atoms with Crippen molar-refractivity contribution in [2.75, 3.05) is 33.9 Å². The summed E-state index contributed by atoms with van der Waals surface area (Å²) in [6.45, 7) is 6.20. The maximum absolute atomic E-state index is 5.36. The van der Waals surface area contributed by atoms with Crippen molar-refractivity contribution in [2.24, 2.45) is 5.92 Å². The summed E-state index contributed by atoms with van der Waals surface area (Å²) in [5.74, 6) is 2.57. The quantitative estimate of drug-likeness (QED) is 0.714. The first-order valence-corrected chi connectivity index (χ1v) is 8.16. The molecule has 0 aromatic heterocycles. The molecular weight excluding hydrogens is 262 g/mol. The van der Waals surface area contributed by atoms with Crippen LogP contribution in [0.15, 0.2) is 18.2 Å². The zero-order valence-corrected chi connectivity index (χ0v) is 13.7. The highest BCUT2D eigenvalue weighted by Gasteiger charge is 2.14. The number of hydrogen-bond donors (Lipinski definition) is 0. The van der Waals surface area contributed by atoms with E-state index in [2.05, 4.69) is 24.0 Å². The third kappa shape index (κ3) is 4.92. The van der Waals surface area contributed by atoms with Crippen molar-refractivity contribution in [1.29, 1.82) is 0 Å². The lowest BCUT2D eigenvalue weighted by atomic mass is 9.99. The van der Waals surface area contributed by atoms with Gasteiger partial charge in [-0.3, -0.25) is 0 Å². The zero-order chi connectivity index (χ0) is 15.1. The second-order valence-corrected chi connectivity index (χ2v) is 6.17. The van der Waals surface area contributed by atoms with Crippen LogP contribution < -0.4 is 9.47 Å². The fourth-order valence-electron chi connectivity index (χ4n) is 2.99. The summed E-state index contributed by atoms with van der Waals surface area (Å²) in [5.41, 5.74) is 1.33. The third-order valence-electron chi connectivity index (χ3n) is 4.51. The molecule has 2 rings (SSSR count). The summed E-state index contributed by atoms with van der Waals surface area (Å²) in [6.07, 6.45) is 6.38. The van der Waals surface area contributed by atoms with Crippen molar-refractivity contribution in [3.05, 3.63) is 23.8 Å². The van der Waals surface area contributed by atoms with Crippen molar-refractivity contribution in [3.63, 3.8) is 0 Å². The van der Waals surface area contributed by atoms with Gasteiger partial charge in [0.2, 0.25) is 0 Å². The van der Waals surface area contributed by atoms with Crippen molar-refractivity contribution < 1.29 is 9.47 Å². The van der Waals surface area contributed by atoms with Gasteiger partial charge in [-0.1, -0.05) is 13.0 Å². The molecule has 0 spiro atoms. The van der Waals surface area contributed by atoms with E-state index < -0.39 is 0 Å². The third-order valence-corrected chi connectivity index (χ3v) is 4.51. The molecule has 118 valence electrons.